The van der Waals surface area contributed by atoms with Crippen LogP contribution in [-0.4, -0.2) is 23.4 Å². The van der Waals surface area contributed by atoms with E-state index in [4.69, 9.17) is 4.74 Å². The highest BCUT2D eigenvalue weighted by Crippen LogP contribution is 2.30. The Bertz CT molecular complexity index is 1090. The lowest BCUT2D eigenvalue weighted by Gasteiger charge is -2.11. The maximum absolute atomic E-state index is 12.2. The van der Waals surface area contributed by atoms with Gasteiger partial charge in [-0.1, -0.05) is 36.4 Å². The summed E-state index contributed by atoms with van der Waals surface area (Å²) in [7, 11) is 0. The second-order valence-corrected chi connectivity index (χ2v) is 6.34. The number of anilines is 1. The fraction of sp³-hybridized carbons (Fsp3) is 0.143. The van der Waals surface area contributed by atoms with Crippen LogP contribution in [0.2, 0.25) is 0 Å². The number of carbonyl (C=O) groups is 2. The van der Waals surface area contributed by atoms with Crippen LogP contribution in [0.4, 0.5) is 11.4 Å². The number of fused-ring (bicyclic) bond motifs is 1. The Morgan fingerprint density at radius 2 is 1.75 bits per heavy atom. The second-order valence-electron chi connectivity index (χ2n) is 6.34. The standard InChI is InChI=1S/C21H18N2O5/c1-13-7-10-18(23(26)27)20(14(13)2)22-19(24)12-28-21(25)17-9-8-15-5-3-4-6-16(15)11-17/h3-11H,12H2,1-2H3,(H,22,24). The van der Waals surface area contributed by atoms with Crippen LogP contribution in [0.5, 0.6) is 0 Å². The molecule has 0 unspecified atom stereocenters. The Morgan fingerprint density at radius 3 is 2.46 bits per heavy atom. The van der Waals surface area contributed by atoms with Gasteiger partial charge in [0.2, 0.25) is 0 Å². The predicted molar refractivity (Wildman–Crippen MR) is 105 cm³/mol. The van der Waals surface area contributed by atoms with Gasteiger partial charge in [-0.15, -0.1) is 0 Å². The van der Waals surface area contributed by atoms with Gasteiger partial charge in [0.15, 0.2) is 6.61 Å². The van der Waals surface area contributed by atoms with E-state index in [1.165, 1.54) is 6.07 Å². The summed E-state index contributed by atoms with van der Waals surface area (Å²) in [6.07, 6.45) is 0. The molecule has 0 heterocycles. The van der Waals surface area contributed by atoms with Crippen molar-refractivity contribution in [2.24, 2.45) is 0 Å². The zero-order valence-electron chi connectivity index (χ0n) is 15.4. The quantitative estimate of drug-likeness (QED) is 0.408. The summed E-state index contributed by atoms with van der Waals surface area (Å²) in [5, 5.41) is 15.5. The Hall–Kier alpha value is -3.74. The molecule has 1 amide bonds. The van der Waals surface area contributed by atoms with Gasteiger partial charge in [0.05, 0.1) is 10.5 Å². The van der Waals surface area contributed by atoms with Gasteiger partial charge in [-0.25, -0.2) is 4.79 Å². The van der Waals surface area contributed by atoms with E-state index < -0.39 is 23.4 Å². The molecule has 0 aliphatic carbocycles. The summed E-state index contributed by atoms with van der Waals surface area (Å²) < 4.78 is 5.06. The van der Waals surface area contributed by atoms with E-state index in [2.05, 4.69) is 5.32 Å². The Morgan fingerprint density at radius 1 is 1.04 bits per heavy atom. The fourth-order valence-electron chi connectivity index (χ4n) is 2.82. The van der Waals surface area contributed by atoms with Crippen molar-refractivity contribution >= 4 is 34.0 Å². The van der Waals surface area contributed by atoms with Crippen LogP contribution in [0, 0.1) is 24.0 Å². The third-order valence-electron chi connectivity index (χ3n) is 4.49. The van der Waals surface area contributed by atoms with E-state index in [-0.39, 0.29) is 11.4 Å². The molecule has 1 N–H and O–H groups in total. The number of hydrogen-bond acceptors (Lipinski definition) is 5. The normalized spacial score (nSPS) is 10.5. The zero-order chi connectivity index (χ0) is 20.3. The van der Waals surface area contributed by atoms with E-state index in [9.17, 15) is 19.7 Å². The second kappa shape index (κ2) is 7.87. The molecule has 0 aromatic heterocycles. The van der Waals surface area contributed by atoms with Crippen molar-refractivity contribution in [3.05, 3.63) is 81.4 Å². The first kappa shape index (κ1) is 19.0. The molecule has 0 spiro atoms. The SMILES string of the molecule is Cc1ccc([N+](=O)[O-])c(NC(=O)COC(=O)c2ccc3ccccc3c2)c1C. The minimum Gasteiger partial charge on any atom is -0.452 e. The average molecular weight is 378 g/mol. The molecule has 3 aromatic rings. The monoisotopic (exact) mass is 378 g/mol. The number of nitro benzene ring substituents is 1. The molecular weight excluding hydrogens is 360 g/mol. The summed E-state index contributed by atoms with van der Waals surface area (Å²) in [6.45, 7) is 2.92. The van der Waals surface area contributed by atoms with Gasteiger partial charge in [0.25, 0.3) is 11.6 Å². The largest absolute Gasteiger partial charge is 0.452 e. The van der Waals surface area contributed by atoms with Crippen molar-refractivity contribution in [3.8, 4) is 0 Å². The highest BCUT2D eigenvalue weighted by molar-refractivity contribution is 5.99. The Labute approximate surface area is 161 Å². The third kappa shape index (κ3) is 3.98. The molecule has 3 aromatic carbocycles. The summed E-state index contributed by atoms with van der Waals surface area (Å²) in [5.41, 5.74) is 1.61. The Kier molecular flexibility index (Phi) is 5.35. The van der Waals surface area contributed by atoms with Gasteiger partial charge in [0, 0.05) is 6.07 Å². The van der Waals surface area contributed by atoms with E-state index in [1.807, 2.05) is 24.3 Å². The van der Waals surface area contributed by atoms with Gasteiger partial charge >= 0.3 is 5.97 Å². The van der Waals surface area contributed by atoms with Gasteiger partial charge in [-0.2, -0.15) is 0 Å². The van der Waals surface area contributed by atoms with Crippen LogP contribution >= 0.6 is 0 Å². The molecule has 0 saturated heterocycles. The number of esters is 1. The molecule has 0 aliphatic rings. The van der Waals surface area contributed by atoms with Crippen LogP contribution in [-0.2, 0) is 9.53 Å². The molecule has 0 atom stereocenters. The minimum atomic E-state index is -0.647. The van der Waals surface area contributed by atoms with Crippen molar-refractivity contribution in [2.75, 3.05) is 11.9 Å². The summed E-state index contributed by atoms with van der Waals surface area (Å²) in [4.78, 5) is 35.0. The van der Waals surface area contributed by atoms with E-state index >= 15 is 0 Å². The van der Waals surface area contributed by atoms with Crippen LogP contribution in [0.3, 0.4) is 0 Å². The lowest BCUT2D eigenvalue weighted by atomic mass is 10.1. The van der Waals surface area contributed by atoms with E-state index in [0.29, 0.717) is 11.1 Å². The Balaban J connectivity index is 1.69. The number of rotatable bonds is 5. The first-order valence-electron chi connectivity index (χ1n) is 8.57. The highest BCUT2D eigenvalue weighted by atomic mass is 16.6. The maximum Gasteiger partial charge on any atom is 0.338 e. The van der Waals surface area contributed by atoms with Crippen molar-refractivity contribution in [1.82, 2.24) is 0 Å². The zero-order valence-corrected chi connectivity index (χ0v) is 15.4. The number of nitrogens with one attached hydrogen (secondary N) is 1. The number of carbonyl (C=O) groups excluding carboxylic acids is 2. The lowest BCUT2D eigenvalue weighted by Crippen LogP contribution is -2.22. The number of amides is 1. The molecule has 0 fully saturated rings. The number of benzene rings is 3. The number of nitro groups is 1. The predicted octanol–water partition coefficient (Wildman–Crippen LogP) is 4.16. The number of nitrogens with zero attached hydrogens (tertiary/aromatic N) is 1. The van der Waals surface area contributed by atoms with Crippen LogP contribution < -0.4 is 5.32 Å². The van der Waals surface area contributed by atoms with Crippen molar-refractivity contribution in [3.63, 3.8) is 0 Å². The van der Waals surface area contributed by atoms with Crippen LogP contribution in [0.25, 0.3) is 10.8 Å². The van der Waals surface area contributed by atoms with E-state index in [1.54, 1.807) is 38.1 Å². The maximum atomic E-state index is 12.2. The third-order valence-corrected chi connectivity index (χ3v) is 4.49. The lowest BCUT2D eigenvalue weighted by molar-refractivity contribution is -0.384. The molecule has 142 valence electrons. The van der Waals surface area contributed by atoms with Crippen LogP contribution in [0.15, 0.2) is 54.6 Å². The number of aryl methyl sites for hydroxylation is 1. The molecule has 28 heavy (non-hydrogen) atoms. The molecular formula is C21H18N2O5. The number of hydrogen-bond donors (Lipinski definition) is 1. The van der Waals surface area contributed by atoms with E-state index in [0.717, 1.165) is 16.3 Å². The van der Waals surface area contributed by atoms with Crippen molar-refractivity contribution < 1.29 is 19.2 Å². The molecule has 7 nitrogen and oxygen atoms in total. The first-order chi connectivity index (χ1) is 13.4. The minimum absolute atomic E-state index is 0.108. The molecule has 0 saturated carbocycles. The topological polar surface area (TPSA) is 98.5 Å². The summed E-state index contributed by atoms with van der Waals surface area (Å²) in [6, 6.07) is 15.6. The molecule has 0 radical (unpaired) electrons. The molecule has 0 bridgehead atoms. The van der Waals surface area contributed by atoms with Gasteiger partial charge in [-0.3, -0.25) is 14.9 Å². The van der Waals surface area contributed by atoms with Crippen molar-refractivity contribution in [1.29, 1.82) is 0 Å². The summed E-state index contributed by atoms with van der Waals surface area (Å²) in [5.74, 6) is -1.29. The smallest absolute Gasteiger partial charge is 0.338 e. The molecule has 7 heteroatoms. The first-order valence-corrected chi connectivity index (χ1v) is 8.57. The average Bonchev–Trinajstić information content (AvgIpc) is 2.69. The molecule has 3 rings (SSSR count). The fourth-order valence-corrected chi connectivity index (χ4v) is 2.82. The molecule has 0 aliphatic heterocycles. The van der Waals surface area contributed by atoms with Gasteiger partial charge in [-0.05, 0) is 47.9 Å². The van der Waals surface area contributed by atoms with Gasteiger partial charge < -0.3 is 10.1 Å². The number of ether oxygens (including phenoxy) is 1. The van der Waals surface area contributed by atoms with Gasteiger partial charge in [0.1, 0.15) is 5.69 Å². The summed E-state index contributed by atoms with van der Waals surface area (Å²) >= 11 is 0. The highest BCUT2D eigenvalue weighted by Gasteiger charge is 2.20. The van der Waals surface area contributed by atoms with Crippen LogP contribution in [0.1, 0.15) is 21.5 Å². The van der Waals surface area contributed by atoms with Crippen molar-refractivity contribution in [2.45, 2.75) is 13.8 Å².